The van der Waals surface area contributed by atoms with E-state index in [1.165, 1.54) is 0 Å². The second kappa shape index (κ2) is 46.2. The Bertz CT molecular complexity index is 1890. The molecule has 3 fully saturated rings. The largest absolute Gasteiger partial charge is 0.394 e. The molecule has 34 heteroatoms. The number of hydrogen-bond donors (Lipinski definition) is 19. The molecule has 15 atom stereocenters. The SMILES string of the molecule is CC(C)(C)NC(COCCC(=O)NCCCNC(=O)CCCCO[C@@H]1O[C@H](CO)[C@H](O)[C@H](O)[C@H]1O)(COCCC(=O)NCCCNC(=O)CCCCO[C@@H]1O[C@H](CO)[C@H](O)[C@H](O)[C@H]1O)COCCC(=O)NCCCNC(=O)CCCCO[C@@H]1O[C@H](CO)[C@H](O)[C@H](O)[C@H]1O. The first kappa shape index (κ1) is 83.2. The highest BCUT2D eigenvalue weighted by Gasteiger charge is 2.46. The van der Waals surface area contributed by atoms with Gasteiger partial charge in [-0.15, -0.1) is 0 Å². The van der Waals surface area contributed by atoms with Gasteiger partial charge >= 0.3 is 0 Å². The van der Waals surface area contributed by atoms with Crippen LogP contribution in [0.25, 0.3) is 0 Å². The highest BCUT2D eigenvalue weighted by Crippen LogP contribution is 2.25. The summed E-state index contributed by atoms with van der Waals surface area (Å²) in [6, 6.07) is 0. The molecule has 0 aliphatic carbocycles. The molecule has 3 saturated heterocycles. The molecule has 3 aliphatic heterocycles. The fourth-order valence-electron chi connectivity index (χ4n) is 9.86. The van der Waals surface area contributed by atoms with Crippen LogP contribution in [0.3, 0.4) is 0 Å². The van der Waals surface area contributed by atoms with Gasteiger partial charge in [0, 0.05) is 103 Å². The van der Waals surface area contributed by atoms with Crippen molar-refractivity contribution < 1.29 is 133 Å². The predicted octanol–water partition coefficient (Wildman–Crippen LogP) is -6.84. The number of carbonyl (C=O) groups is 6. The van der Waals surface area contributed by atoms with Crippen molar-refractivity contribution in [3.05, 3.63) is 0 Å². The molecule has 0 unspecified atom stereocenters. The van der Waals surface area contributed by atoms with Gasteiger partial charge in [-0.25, -0.2) is 0 Å². The maximum Gasteiger partial charge on any atom is 0.222 e. The second-order valence-corrected chi connectivity index (χ2v) is 24.3. The summed E-state index contributed by atoms with van der Waals surface area (Å²) in [6.07, 6.45) is -16.2. The summed E-state index contributed by atoms with van der Waals surface area (Å²) in [6.45, 7) is 6.03. The molecule has 0 aromatic rings. The number of carbonyl (C=O) groups excluding carboxylic acids is 6. The molecular weight excluding hydrogens is 1240 g/mol. The van der Waals surface area contributed by atoms with Crippen LogP contribution in [0.5, 0.6) is 0 Å². The number of aliphatic hydroxyl groups excluding tert-OH is 12. The van der Waals surface area contributed by atoms with Crippen LogP contribution >= 0.6 is 0 Å². The van der Waals surface area contributed by atoms with E-state index in [9.17, 15) is 90.0 Å². The van der Waals surface area contributed by atoms with E-state index in [1.807, 2.05) is 20.8 Å². The standard InChI is InChI=1S/C59H109N7O27/c1-58(2,3)66-59(34-85-28-16-43(73)63-22-10-19-60-40(70)13-4-7-25-88-55-52(82)49(79)46(76)37(31-67)91-55,35-86-29-17-44(74)64-23-11-20-61-41(71)14-5-8-26-89-56-53(83)50(80)47(77)38(32-68)92-56)36-87-30-18-45(75)65-24-12-21-62-42(72)15-6-9-27-90-57-54(84)51(81)48(78)39(33-69)93-57/h37-39,46-57,66-69,76-84H,4-36H2,1-3H3,(H,60,70)(H,61,71)(H,62,72)(H,63,73)(H,64,74)(H,65,75)/t37-,38-,39-,46+,47+,48+,49+,50+,51+,52-,53-,54-,55-,56-,57-/m1/s1. The smallest absolute Gasteiger partial charge is 0.222 e. The first-order valence-corrected chi connectivity index (χ1v) is 32.2. The molecule has 34 nitrogen and oxygen atoms in total. The first-order chi connectivity index (χ1) is 44.3. The van der Waals surface area contributed by atoms with E-state index >= 15 is 0 Å². The van der Waals surface area contributed by atoms with Gasteiger partial charge in [-0.2, -0.15) is 0 Å². The fourth-order valence-corrected chi connectivity index (χ4v) is 9.86. The molecule has 542 valence electrons. The van der Waals surface area contributed by atoms with E-state index in [4.69, 9.17) is 42.6 Å². The molecular formula is C59H109N7O27. The molecule has 0 aromatic carbocycles. The molecule has 0 aromatic heterocycles. The van der Waals surface area contributed by atoms with Crippen molar-refractivity contribution in [3.63, 3.8) is 0 Å². The van der Waals surface area contributed by atoms with Crippen molar-refractivity contribution in [2.75, 3.05) is 119 Å². The zero-order chi connectivity index (χ0) is 68.8. The maximum atomic E-state index is 12.8. The second-order valence-electron chi connectivity index (χ2n) is 24.3. The third-order valence-electron chi connectivity index (χ3n) is 15.0. The molecule has 0 bridgehead atoms. The normalized spacial score (nSPS) is 26.7. The van der Waals surface area contributed by atoms with Crippen LogP contribution in [0.4, 0.5) is 0 Å². The Hall–Kier alpha value is -4.06. The third-order valence-corrected chi connectivity index (χ3v) is 15.0. The first-order valence-electron chi connectivity index (χ1n) is 32.2. The lowest BCUT2D eigenvalue weighted by Crippen LogP contribution is -2.62. The van der Waals surface area contributed by atoms with Gasteiger partial charge in [-0.05, 0) is 78.6 Å². The van der Waals surface area contributed by atoms with Crippen molar-refractivity contribution in [3.8, 4) is 0 Å². The number of unbranched alkanes of at least 4 members (excludes halogenated alkanes) is 3. The molecule has 0 radical (unpaired) electrons. The number of aliphatic hydroxyl groups is 12. The Balaban J connectivity index is 1.38. The van der Waals surface area contributed by atoms with Crippen molar-refractivity contribution >= 4 is 35.4 Å². The summed E-state index contributed by atoms with van der Waals surface area (Å²) in [5, 5.41) is 138. The van der Waals surface area contributed by atoms with E-state index in [0.29, 0.717) is 77.4 Å². The number of nitrogens with one attached hydrogen (secondary N) is 7. The lowest BCUT2D eigenvalue weighted by Gasteiger charge is -2.40. The molecule has 6 amide bonds. The lowest BCUT2D eigenvalue weighted by molar-refractivity contribution is -0.301. The molecule has 19 N–H and O–H groups in total. The summed E-state index contributed by atoms with van der Waals surface area (Å²) in [4.78, 5) is 75.6. The molecule has 3 aliphatic rings. The number of ether oxygens (including phenoxy) is 9. The zero-order valence-corrected chi connectivity index (χ0v) is 54.0. The van der Waals surface area contributed by atoms with Gasteiger partial charge in [0.2, 0.25) is 35.4 Å². The Morgan fingerprint density at radius 3 is 0.817 bits per heavy atom. The summed E-state index contributed by atoms with van der Waals surface area (Å²) >= 11 is 0. The van der Waals surface area contributed by atoms with Crippen molar-refractivity contribution in [2.24, 2.45) is 0 Å². The Morgan fingerprint density at radius 1 is 0.333 bits per heavy atom. The summed E-state index contributed by atoms with van der Waals surface area (Å²) in [5.41, 5.74) is -1.58. The number of rotatable bonds is 49. The zero-order valence-electron chi connectivity index (χ0n) is 54.0. The van der Waals surface area contributed by atoms with Crippen LogP contribution in [-0.4, -0.2) is 318 Å². The Morgan fingerprint density at radius 2 is 0.581 bits per heavy atom. The van der Waals surface area contributed by atoms with Crippen molar-refractivity contribution in [2.45, 2.75) is 220 Å². The average molecular weight is 1350 g/mol. The quantitative estimate of drug-likeness (QED) is 0.0252. The van der Waals surface area contributed by atoms with Gasteiger partial charge in [0.15, 0.2) is 18.9 Å². The van der Waals surface area contributed by atoms with E-state index in [1.54, 1.807) is 0 Å². The van der Waals surface area contributed by atoms with Gasteiger partial charge < -0.3 is 141 Å². The van der Waals surface area contributed by atoms with Crippen molar-refractivity contribution in [1.29, 1.82) is 0 Å². The minimum Gasteiger partial charge on any atom is -0.394 e. The highest BCUT2D eigenvalue weighted by atomic mass is 16.7. The van der Waals surface area contributed by atoms with Crippen LogP contribution in [0.15, 0.2) is 0 Å². The lowest BCUT2D eigenvalue weighted by atomic mass is 9.97. The van der Waals surface area contributed by atoms with E-state index in [0.717, 1.165) is 0 Å². The average Bonchev–Trinajstić information content (AvgIpc) is 1.33. The molecule has 0 saturated carbocycles. The Labute approximate surface area is 542 Å². The highest BCUT2D eigenvalue weighted by molar-refractivity contribution is 5.78. The monoisotopic (exact) mass is 1350 g/mol. The van der Waals surface area contributed by atoms with Crippen LogP contribution < -0.4 is 37.2 Å². The van der Waals surface area contributed by atoms with E-state index in [2.05, 4.69) is 37.2 Å². The van der Waals surface area contributed by atoms with Crippen LogP contribution in [-0.2, 0) is 71.4 Å². The van der Waals surface area contributed by atoms with E-state index < -0.39 is 123 Å². The number of amides is 6. The van der Waals surface area contributed by atoms with Gasteiger partial charge in [-0.3, -0.25) is 28.8 Å². The van der Waals surface area contributed by atoms with E-state index in [-0.39, 0.29) is 153 Å². The third kappa shape index (κ3) is 33.2. The minimum atomic E-state index is -1.55. The summed E-state index contributed by atoms with van der Waals surface area (Å²) in [7, 11) is 0. The van der Waals surface area contributed by atoms with Gasteiger partial charge in [0.25, 0.3) is 0 Å². The molecule has 3 heterocycles. The number of hydrogen-bond acceptors (Lipinski definition) is 28. The van der Waals surface area contributed by atoms with Gasteiger partial charge in [0.1, 0.15) is 73.2 Å². The van der Waals surface area contributed by atoms with Crippen LogP contribution in [0.1, 0.15) is 117 Å². The maximum absolute atomic E-state index is 12.8. The molecule has 3 rings (SSSR count). The van der Waals surface area contributed by atoms with Crippen molar-refractivity contribution in [1.82, 2.24) is 37.2 Å². The summed E-state index contributed by atoms with van der Waals surface area (Å²) < 4.78 is 50.5. The molecule has 0 spiro atoms. The topological polar surface area (TPSA) is 512 Å². The van der Waals surface area contributed by atoms with Crippen LogP contribution in [0, 0.1) is 0 Å². The van der Waals surface area contributed by atoms with Gasteiger partial charge in [0.05, 0.1) is 65.0 Å². The minimum absolute atomic E-state index is 0.00225. The fraction of sp³-hybridized carbons (Fsp3) is 0.898. The summed E-state index contributed by atoms with van der Waals surface area (Å²) in [5.74, 6) is -1.53. The Kier molecular flexibility index (Phi) is 41.3. The predicted molar refractivity (Wildman–Crippen MR) is 325 cm³/mol. The molecule has 93 heavy (non-hydrogen) atoms. The van der Waals surface area contributed by atoms with Crippen LogP contribution in [0.2, 0.25) is 0 Å². The van der Waals surface area contributed by atoms with Gasteiger partial charge in [-0.1, -0.05) is 0 Å².